The topological polar surface area (TPSA) is 168 Å². The molecule has 2 fully saturated rings. The molecule has 1 aliphatic carbocycles. The third kappa shape index (κ3) is 10.2. The van der Waals surface area contributed by atoms with Crippen LogP contribution in [0.1, 0.15) is 44.6 Å². The van der Waals surface area contributed by atoms with E-state index >= 15 is 0 Å². The van der Waals surface area contributed by atoms with Crippen molar-refractivity contribution in [2.75, 3.05) is 31.6 Å². The maximum Gasteiger partial charge on any atom is 0.528 e. The highest BCUT2D eigenvalue weighted by Crippen LogP contribution is 2.29. The number of pyridine rings is 1. The van der Waals surface area contributed by atoms with Crippen molar-refractivity contribution in [2.45, 2.75) is 63.8 Å². The number of benzene rings is 1. The van der Waals surface area contributed by atoms with Crippen LogP contribution in [0.25, 0.3) is 0 Å². The highest BCUT2D eigenvalue weighted by molar-refractivity contribution is 5.86. The summed E-state index contributed by atoms with van der Waals surface area (Å²) in [7, 11) is 0. The van der Waals surface area contributed by atoms with Crippen molar-refractivity contribution in [1.82, 2.24) is 20.7 Å². The van der Waals surface area contributed by atoms with Crippen LogP contribution in [-0.2, 0) is 35.3 Å². The molecule has 1 saturated carbocycles. The Labute approximate surface area is 256 Å². The Hall–Kier alpha value is -4.23. The Balaban J connectivity index is 1.25. The van der Waals surface area contributed by atoms with Crippen LogP contribution in [0.4, 0.5) is 10.6 Å². The number of amides is 2. The van der Waals surface area contributed by atoms with Crippen LogP contribution in [0.5, 0.6) is 0 Å². The molecule has 4 N–H and O–H groups in total. The van der Waals surface area contributed by atoms with Crippen LogP contribution >= 0.6 is 0 Å². The van der Waals surface area contributed by atoms with E-state index in [9.17, 15) is 24.3 Å². The molecule has 2 aromatic rings. The third-order valence-electron chi connectivity index (χ3n) is 7.92. The highest BCUT2D eigenvalue weighted by Gasteiger charge is 2.37. The first-order valence-corrected chi connectivity index (χ1v) is 15.0. The maximum absolute atomic E-state index is 12.7. The molecular weight excluding hydrogens is 570 g/mol. The van der Waals surface area contributed by atoms with Gasteiger partial charge in [0.15, 0.2) is 0 Å². The van der Waals surface area contributed by atoms with Gasteiger partial charge in [-0.2, -0.15) is 0 Å². The Morgan fingerprint density at radius 2 is 1.84 bits per heavy atom. The number of hydrogen-bond donors (Lipinski definition) is 4. The number of carboxylic acid groups (broad SMARTS) is 1. The van der Waals surface area contributed by atoms with Gasteiger partial charge in [-0.15, -0.1) is 5.06 Å². The molecule has 5 atom stereocenters. The number of aliphatic carboxylic acids is 1. The summed E-state index contributed by atoms with van der Waals surface area (Å²) in [6.07, 6.45) is 4.44. The van der Waals surface area contributed by atoms with Gasteiger partial charge in [-0.05, 0) is 42.9 Å². The molecule has 13 heteroatoms. The molecule has 2 heterocycles. The summed E-state index contributed by atoms with van der Waals surface area (Å²) < 4.78 is 11.1. The number of aromatic nitrogens is 1. The van der Waals surface area contributed by atoms with Crippen LogP contribution in [0.2, 0.25) is 0 Å². The van der Waals surface area contributed by atoms with Crippen molar-refractivity contribution in [3.8, 4) is 0 Å². The lowest BCUT2D eigenvalue weighted by Crippen LogP contribution is -2.51. The zero-order valence-electron chi connectivity index (χ0n) is 24.9. The molecule has 4 rings (SSSR count). The van der Waals surface area contributed by atoms with Gasteiger partial charge in [0.1, 0.15) is 25.1 Å². The summed E-state index contributed by atoms with van der Waals surface area (Å²) in [4.78, 5) is 59.2. The van der Waals surface area contributed by atoms with Gasteiger partial charge in [-0.1, -0.05) is 56.2 Å². The maximum atomic E-state index is 12.7. The number of nitrogens with zero attached hydrogens (tertiary/aromatic N) is 2. The summed E-state index contributed by atoms with van der Waals surface area (Å²) in [6.45, 7) is 2.03. The summed E-state index contributed by atoms with van der Waals surface area (Å²) in [5.74, 6) is -1.44. The molecule has 0 radical (unpaired) electrons. The average molecular weight is 612 g/mol. The normalized spacial score (nSPS) is 22.4. The monoisotopic (exact) mass is 611 g/mol. The fourth-order valence-corrected chi connectivity index (χ4v) is 5.44. The smallest absolute Gasteiger partial charge is 0.480 e. The minimum Gasteiger partial charge on any atom is -0.480 e. The second-order valence-electron chi connectivity index (χ2n) is 11.2. The molecule has 2 amide bonds. The summed E-state index contributed by atoms with van der Waals surface area (Å²) in [6, 6.07) is 13.1. The van der Waals surface area contributed by atoms with E-state index in [0.29, 0.717) is 18.8 Å². The van der Waals surface area contributed by atoms with Gasteiger partial charge < -0.3 is 35.4 Å². The second-order valence-corrected chi connectivity index (χ2v) is 11.2. The van der Waals surface area contributed by atoms with Gasteiger partial charge in [0.2, 0.25) is 11.8 Å². The van der Waals surface area contributed by atoms with Gasteiger partial charge in [-0.3, -0.25) is 9.59 Å². The molecule has 13 nitrogen and oxygen atoms in total. The SMILES string of the molecule is CC1CCCCC1C(=O)NC(CNC(=O)COC1CC(CNc2ccccn2)N(OC(=O)OCc2ccccc2)C1)C(=O)O. The van der Waals surface area contributed by atoms with Crippen molar-refractivity contribution in [3.63, 3.8) is 0 Å². The van der Waals surface area contributed by atoms with E-state index in [-0.39, 0.29) is 50.1 Å². The molecule has 5 unspecified atom stereocenters. The van der Waals surface area contributed by atoms with Crippen molar-refractivity contribution in [3.05, 3.63) is 60.3 Å². The molecule has 0 bridgehead atoms. The van der Waals surface area contributed by atoms with E-state index in [2.05, 4.69) is 20.9 Å². The Morgan fingerprint density at radius 1 is 1.07 bits per heavy atom. The van der Waals surface area contributed by atoms with E-state index in [1.54, 1.807) is 12.3 Å². The summed E-state index contributed by atoms with van der Waals surface area (Å²) >= 11 is 0. The van der Waals surface area contributed by atoms with Crippen molar-refractivity contribution >= 4 is 29.8 Å². The number of rotatable bonds is 14. The van der Waals surface area contributed by atoms with Crippen LogP contribution in [-0.4, -0.2) is 83.5 Å². The molecule has 44 heavy (non-hydrogen) atoms. The van der Waals surface area contributed by atoms with Crippen LogP contribution in [0.3, 0.4) is 0 Å². The van der Waals surface area contributed by atoms with Gasteiger partial charge >= 0.3 is 12.1 Å². The first-order valence-electron chi connectivity index (χ1n) is 15.0. The van der Waals surface area contributed by atoms with Crippen LogP contribution < -0.4 is 16.0 Å². The molecule has 1 aromatic carbocycles. The molecular formula is C31H41N5O8. The van der Waals surface area contributed by atoms with Crippen LogP contribution in [0.15, 0.2) is 54.7 Å². The zero-order valence-corrected chi connectivity index (χ0v) is 24.9. The predicted octanol–water partition coefficient (Wildman–Crippen LogP) is 2.73. The minimum absolute atomic E-state index is 0.0575. The van der Waals surface area contributed by atoms with E-state index in [1.165, 1.54) is 5.06 Å². The number of anilines is 1. The minimum atomic E-state index is -1.25. The lowest BCUT2D eigenvalue weighted by Gasteiger charge is -2.28. The van der Waals surface area contributed by atoms with E-state index in [0.717, 1.165) is 31.2 Å². The van der Waals surface area contributed by atoms with E-state index in [4.69, 9.17) is 14.3 Å². The number of carboxylic acids is 1. The molecule has 1 aromatic heterocycles. The molecule has 238 valence electrons. The highest BCUT2D eigenvalue weighted by atomic mass is 16.8. The number of hydroxylamine groups is 2. The van der Waals surface area contributed by atoms with Gasteiger partial charge in [0.25, 0.3) is 0 Å². The Morgan fingerprint density at radius 3 is 2.57 bits per heavy atom. The van der Waals surface area contributed by atoms with Crippen molar-refractivity contribution in [1.29, 1.82) is 0 Å². The second kappa shape index (κ2) is 16.6. The molecule has 1 saturated heterocycles. The van der Waals surface area contributed by atoms with Crippen LogP contribution in [0, 0.1) is 11.8 Å². The fourth-order valence-electron chi connectivity index (χ4n) is 5.44. The van der Waals surface area contributed by atoms with Gasteiger partial charge in [0, 0.05) is 25.2 Å². The summed E-state index contributed by atoms with van der Waals surface area (Å²) in [5, 5.41) is 19.4. The number of nitrogens with one attached hydrogen (secondary N) is 3. The Kier molecular flexibility index (Phi) is 12.3. The molecule has 2 aliphatic rings. The first-order chi connectivity index (χ1) is 21.3. The third-order valence-corrected chi connectivity index (χ3v) is 7.92. The molecule has 1 aliphatic heterocycles. The number of ether oxygens (including phenoxy) is 2. The summed E-state index contributed by atoms with van der Waals surface area (Å²) in [5.41, 5.74) is 0.819. The number of carbonyl (C=O) groups is 4. The predicted molar refractivity (Wildman–Crippen MR) is 159 cm³/mol. The molecule has 0 spiro atoms. The fraction of sp³-hybridized carbons (Fsp3) is 0.516. The quantitative estimate of drug-likeness (QED) is 0.232. The average Bonchev–Trinajstić information content (AvgIpc) is 3.42. The largest absolute Gasteiger partial charge is 0.528 e. The van der Waals surface area contributed by atoms with E-state index < -0.39 is 30.2 Å². The van der Waals surface area contributed by atoms with E-state index in [1.807, 2.05) is 49.4 Å². The number of carbonyl (C=O) groups excluding carboxylic acids is 3. The lowest BCUT2D eigenvalue weighted by atomic mass is 9.80. The van der Waals surface area contributed by atoms with Gasteiger partial charge in [-0.25, -0.2) is 14.6 Å². The first kappa shape index (κ1) is 32.7. The lowest BCUT2D eigenvalue weighted by molar-refractivity contribution is -0.144. The Bertz CT molecular complexity index is 1230. The van der Waals surface area contributed by atoms with Crippen molar-refractivity contribution in [2.24, 2.45) is 11.8 Å². The standard InChI is InChI=1S/C31H41N5O8/c1-21-9-5-6-12-25(21)29(38)35-26(30(39)40)17-34-28(37)20-42-24-15-23(16-33-27-13-7-8-14-32-27)36(18-24)44-31(41)43-19-22-10-3-2-4-11-22/h2-4,7-8,10-11,13-14,21,23-26H,5-6,9,12,15-20H2,1H3,(H,32,33)(H,34,37)(H,35,38)(H,39,40). The number of hydrogen-bond acceptors (Lipinski definition) is 10. The van der Waals surface area contributed by atoms with Crippen molar-refractivity contribution < 1.29 is 38.6 Å². The zero-order chi connectivity index (χ0) is 31.3. The van der Waals surface area contributed by atoms with Gasteiger partial charge in [0.05, 0.1) is 18.7 Å².